The number of rotatable bonds is 6. The molecule has 0 unspecified atom stereocenters. The summed E-state index contributed by atoms with van der Waals surface area (Å²) in [5.74, 6) is -0.852. The van der Waals surface area contributed by atoms with Crippen LogP contribution in [0.3, 0.4) is 0 Å². The van der Waals surface area contributed by atoms with Gasteiger partial charge >= 0.3 is 12.0 Å². The molecule has 0 saturated heterocycles. The van der Waals surface area contributed by atoms with Gasteiger partial charge in [-0.05, 0) is 48.9 Å². The molecular weight excluding hydrogens is 263 g/mol. The summed E-state index contributed by atoms with van der Waals surface area (Å²) in [5, 5.41) is 13.6. The molecule has 2 rings (SSSR count). The lowest BCUT2D eigenvalue weighted by Crippen LogP contribution is -2.29. The molecule has 6 heteroatoms. The van der Waals surface area contributed by atoms with E-state index in [9.17, 15) is 14.0 Å². The minimum atomic E-state index is -0.889. The van der Waals surface area contributed by atoms with E-state index in [1.54, 1.807) is 6.07 Å². The molecule has 0 radical (unpaired) electrons. The second kappa shape index (κ2) is 6.36. The van der Waals surface area contributed by atoms with Crippen LogP contribution in [0.1, 0.15) is 37.2 Å². The molecule has 0 bridgehead atoms. The van der Waals surface area contributed by atoms with Gasteiger partial charge in [-0.2, -0.15) is 0 Å². The molecule has 1 aliphatic carbocycles. The van der Waals surface area contributed by atoms with E-state index in [1.165, 1.54) is 12.1 Å². The van der Waals surface area contributed by atoms with Crippen LogP contribution in [0, 0.1) is 5.82 Å². The van der Waals surface area contributed by atoms with E-state index in [0.717, 1.165) is 12.8 Å². The Balaban J connectivity index is 1.82. The summed E-state index contributed by atoms with van der Waals surface area (Å²) in [6, 6.07) is 4.11. The van der Waals surface area contributed by atoms with Crippen LogP contribution >= 0.6 is 0 Å². The maximum atomic E-state index is 13.5. The van der Waals surface area contributed by atoms with E-state index in [0.29, 0.717) is 17.7 Å². The molecule has 108 valence electrons. The molecule has 1 aliphatic rings. The number of carbonyl (C=O) groups is 2. The number of benzene rings is 1. The Morgan fingerprint density at radius 1 is 1.35 bits per heavy atom. The predicted octanol–water partition coefficient (Wildman–Crippen LogP) is 2.69. The largest absolute Gasteiger partial charge is 0.481 e. The fourth-order valence-corrected chi connectivity index (χ4v) is 1.95. The number of hydrogen-bond acceptors (Lipinski definition) is 2. The minimum absolute atomic E-state index is 0.0165. The van der Waals surface area contributed by atoms with Crippen LogP contribution in [-0.4, -0.2) is 23.7 Å². The highest BCUT2D eigenvalue weighted by Crippen LogP contribution is 2.42. The molecule has 1 fully saturated rings. The fraction of sp³-hybridized carbons (Fsp3) is 0.429. The Hall–Kier alpha value is -2.11. The van der Waals surface area contributed by atoms with Crippen molar-refractivity contribution >= 4 is 17.7 Å². The highest BCUT2D eigenvalue weighted by atomic mass is 19.1. The molecule has 1 aromatic rings. The third-order valence-electron chi connectivity index (χ3n) is 3.12. The molecule has 0 aromatic heterocycles. The zero-order valence-corrected chi connectivity index (χ0v) is 11.0. The van der Waals surface area contributed by atoms with Crippen molar-refractivity contribution in [2.75, 3.05) is 11.9 Å². The Labute approximate surface area is 116 Å². The number of hydrogen-bond donors (Lipinski definition) is 3. The van der Waals surface area contributed by atoms with Gasteiger partial charge in [0.2, 0.25) is 0 Å². The fourth-order valence-electron chi connectivity index (χ4n) is 1.95. The molecule has 20 heavy (non-hydrogen) atoms. The van der Waals surface area contributed by atoms with Crippen molar-refractivity contribution in [2.45, 2.75) is 31.6 Å². The van der Waals surface area contributed by atoms with Crippen molar-refractivity contribution in [1.82, 2.24) is 5.32 Å². The Morgan fingerprint density at radius 2 is 2.10 bits per heavy atom. The van der Waals surface area contributed by atoms with Crippen molar-refractivity contribution in [1.29, 1.82) is 0 Å². The summed E-state index contributed by atoms with van der Waals surface area (Å²) in [4.78, 5) is 21.9. The summed E-state index contributed by atoms with van der Waals surface area (Å²) in [6.07, 6.45) is 2.37. The van der Waals surface area contributed by atoms with Crippen LogP contribution in [0.5, 0.6) is 0 Å². The lowest BCUT2D eigenvalue weighted by molar-refractivity contribution is -0.137. The number of halogens is 1. The third-order valence-corrected chi connectivity index (χ3v) is 3.12. The van der Waals surface area contributed by atoms with Gasteiger partial charge in [-0.25, -0.2) is 9.18 Å². The number of amides is 2. The van der Waals surface area contributed by atoms with Gasteiger partial charge in [-0.1, -0.05) is 0 Å². The summed E-state index contributed by atoms with van der Waals surface area (Å²) in [7, 11) is 0. The zero-order valence-electron chi connectivity index (χ0n) is 11.0. The number of aliphatic carboxylic acids is 1. The quantitative estimate of drug-likeness (QED) is 0.701. The standard InChI is InChI=1S/C14H17FN2O3/c15-12-6-5-10(8-11(12)9-3-4-9)17-14(20)16-7-1-2-13(18)19/h5-6,8-9H,1-4,7H2,(H,18,19)(H2,16,17,20). The van der Waals surface area contributed by atoms with E-state index in [4.69, 9.17) is 5.11 Å². The van der Waals surface area contributed by atoms with Crippen molar-refractivity contribution in [3.8, 4) is 0 Å². The van der Waals surface area contributed by atoms with Crippen LogP contribution in [0.4, 0.5) is 14.9 Å². The van der Waals surface area contributed by atoms with Crippen LogP contribution < -0.4 is 10.6 Å². The first-order valence-corrected chi connectivity index (χ1v) is 6.62. The lowest BCUT2D eigenvalue weighted by atomic mass is 10.1. The number of carboxylic acid groups (broad SMARTS) is 1. The smallest absolute Gasteiger partial charge is 0.319 e. The zero-order chi connectivity index (χ0) is 14.5. The summed E-state index contributed by atoms with van der Waals surface area (Å²) < 4.78 is 13.5. The van der Waals surface area contributed by atoms with Gasteiger partial charge in [0.05, 0.1) is 0 Å². The van der Waals surface area contributed by atoms with Crippen LogP contribution in [0.2, 0.25) is 0 Å². The van der Waals surface area contributed by atoms with Gasteiger partial charge in [0.1, 0.15) is 5.82 Å². The summed E-state index contributed by atoms with van der Waals surface area (Å²) in [5.41, 5.74) is 1.19. The third kappa shape index (κ3) is 4.22. The Bertz CT molecular complexity index is 515. The summed E-state index contributed by atoms with van der Waals surface area (Å²) in [6.45, 7) is 0.287. The highest BCUT2D eigenvalue weighted by molar-refractivity contribution is 5.89. The average molecular weight is 280 g/mol. The van der Waals surface area contributed by atoms with Crippen molar-refractivity contribution in [3.63, 3.8) is 0 Å². The van der Waals surface area contributed by atoms with E-state index < -0.39 is 12.0 Å². The molecule has 0 spiro atoms. The normalized spacial score (nSPS) is 13.8. The van der Waals surface area contributed by atoms with Crippen molar-refractivity contribution in [3.05, 3.63) is 29.6 Å². The Morgan fingerprint density at radius 3 is 2.75 bits per heavy atom. The van der Waals surface area contributed by atoms with Gasteiger partial charge in [-0.3, -0.25) is 4.79 Å². The van der Waals surface area contributed by atoms with Crippen LogP contribution in [0.25, 0.3) is 0 Å². The first kappa shape index (κ1) is 14.3. The number of carbonyl (C=O) groups excluding carboxylic acids is 1. The molecule has 0 heterocycles. The number of carboxylic acids is 1. The number of anilines is 1. The van der Waals surface area contributed by atoms with E-state index in [1.807, 2.05) is 0 Å². The summed E-state index contributed by atoms with van der Waals surface area (Å²) >= 11 is 0. The SMILES string of the molecule is O=C(O)CCCNC(=O)Nc1ccc(F)c(C2CC2)c1. The van der Waals surface area contributed by atoms with Crippen molar-refractivity contribution in [2.24, 2.45) is 0 Å². The molecule has 5 nitrogen and oxygen atoms in total. The topological polar surface area (TPSA) is 78.4 Å². The molecule has 0 atom stereocenters. The van der Waals surface area contributed by atoms with E-state index in [2.05, 4.69) is 10.6 Å². The second-order valence-corrected chi connectivity index (χ2v) is 4.89. The predicted molar refractivity (Wildman–Crippen MR) is 72.3 cm³/mol. The van der Waals surface area contributed by atoms with Gasteiger partial charge in [0, 0.05) is 18.7 Å². The van der Waals surface area contributed by atoms with E-state index in [-0.39, 0.29) is 24.7 Å². The molecule has 3 N–H and O–H groups in total. The minimum Gasteiger partial charge on any atom is -0.481 e. The first-order chi connectivity index (χ1) is 9.56. The Kier molecular flexibility index (Phi) is 4.55. The molecule has 2 amide bonds. The molecule has 1 aromatic carbocycles. The second-order valence-electron chi connectivity index (χ2n) is 4.89. The average Bonchev–Trinajstić information content (AvgIpc) is 3.21. The van der Waals surface area contributed by atoms with Gasteiger partial charge in [-0.15, -0.1) is 0 Å². The van der Waals surface area contributed by atoms with Gasteiger partial charge in [0.15, 0.2) is 0 Å². The molecule has 1 saturated carbocycles. The van der Waals surface area contributed by atoms with Crippen molar-refractivity contribution < 1.29 is 19.1 Å². The number of urea groups is 1. The maximum Gasteiger partial charge on any atom is 0.319 e. The number of nitrogens with one attached hydrogen (secondary N) is 2. The molecule has 0 aliphatic heterocycles. The highest BCUT2D eigenvalue weighted by Gasteiger charge is 2.26. The van der Waals surface area contributed by atoms with Gasteiger partial charge in [0.25, 0.3) is 0 Å². The van der Waals surface area contributed by atoms with Crippen LogP contribution in [-0.2, 0) is 4.79 Å². The monoisotopic (exact) mass is 280 g/mol. The first-order valence-electron chi connectivity index (χ1n) is 6.62. The van der Waals surface area contributed by atoms with Crippen LogP contribution in [0.15, 0.2) is 18.2 Å². The molecular formula is C14H17FN2O3. The van der Waals surface area contributed by atoms with Gasteiger partial charge < -0.3 is 15.7 Å². The lowest BCUT2D eigenvalue weighted by Gasteiger charge is -2.09. The van der Waals surface area contributed by atoms with E-state index >= 15 is 0 Å². The maximum absolute atomic E-state index is 13.5.